The molecular weight excluding hydrogens is 198 g/mol. The van der Waals surface area contributed by atoms with Crippen LogP contribution in [0.4, 0.5) is 0 Å². The summed E-state index contributed by atoms with van der Waals surface area (Å²) in [6.07, 6.45) is 7.57. The lowest BCUT2D eigenvalue weighted by atomic mass is 9.80. The summed E-state index contributed by atoms with van der Waals surface area (Å²) in [7, 11) is 0. The van der Waals surface area contributed by atoms with Gasteiger partial charge in [0.2, 0.25) is 0 Å². The van der Waals surface area contributed by atoms with Gasteiger partial charge in [-0.1, -0.05) is 13.3 Å². The zero-order chi connectivity index (χ0) is 11.7. The number of piperidine rings is 2. The molecular formula is C14H27NO. The second-order valence-electron chi connectivity index (χ2n) is 6.20. The summed E-state index contributed by atoms with van der Waals surface area (Å²) < 4.78 is 0. The van der Waals surface area contributed by atoms with Crippen LogP contribution >= 0.6 is 0 Å². The molecule has 5 atom stereocenters. The van der Waals surface area contributed by atoms with Crippen LogP contribution in [0.1, 0.15) is 59.3 Å². The Kier molecular flexibility index (Phi) is 3.91. The number of hydrogen-bond acceptors (Lipinski definition) is 2. The molecule has 16 heavy (non-hydrogen) atoms. The van der Waals surface area contributed by atoms with Gasteiger partial charge in [0.1, 0.15) is 0 Å². The minimum absolute atomic E-state index is 0.143. The molecule has 0 saturated carbocycles. The van der Waals surface area contributed by atoms with E-state index in [1.165, 1.54) is 32.1 Å². The van der Waals surface area contributed by atoms with E-state index >= 15 is 0 Å². The second kappa shape index (κ2) is 5.05. The Balaban J connectivity index is 2.04. The van der Waals surface area contributed by atoms with Gasteiger partial charge in [0.25, 0.3) is 0 Å². The summed E-state index contributed by atoms with van der Waals surface area (Å²) >= 11 is 0. The Bertz CT molecular complexity index is 229. The molecule has 0 aromatic rings. The lowest BCUT2D eigenvalue weighted by Crippen LogP contribution is -2.55. The highest BCUT2D eigenvalue weighted by molar-refractivity contribution is 4.93. The fraction of sp³-hybridized carbons (Fsp3) is 1.00. The zero-order valence-corrected chi connectivity index (χ0v) is 11.0. The molecule has 5 unspecified atom stereocenters. The summed E-state index contributed by atoms with van der Waals surface area (Å²) in [4.78, 5) is 2.73. The molecule has 0 radical (unpaired) electrons. The molecule has 0 amide bonds. The van der Waals surface area contributed by atoms with Crippen molar-refractivity contribution in [3.63, 3.8) is 0 Å². The van der Waals surface area contributed by atoms with Crippen molar-refractivity contribution in [2.24, 2.45) is 5.92 Å². The standard InChI is InChI=1S/C14H27NO/c1-10-7-11(2)15-13(8-10)5-4-6-14(15)9-12(3)16/h10-14,16H,4-9H2,1-3H3. The molecule has 2 heterocycles. The molecule has 2 aliphatic heterocycles. The maximum atomic E-state index is 9.61. The Morgan fingerprint density at radius 1 is 1.25 bits per heavy atom. The average molecular weight is 225 g/mol. The number of aliphatic hydroxyl groups excluding tert-OH is 1. The van der Waals surface area contributed by atoms with Crippen LogP contribution in [0.2, 0.25) is 0 Å². The van der Waals surface area contributed by atoms with Gasteiger partial charge in [0, 0.05) is 18.1 Å². The van der Waals surface area contributed by atoms with Crippen molar-refractivity contribution < 1.29 is 5.11 Å². The number of aliphatic hydroxyl groups is 1. The second-order valence-corrected chi connectivity index (χ2v) is 6.20. The highest BCUT2D eigenvalue weighted by atomic mass is 16.3. The molecule has 0 bridgehead atoms. The molecule has 0 spiro atoms. The number of fused-ring (bicyclic) bond motifs is 1. The van der Waals surface area contributed by atoms with Gasteiger partial charge in [-0.2, -0.15) is 0 Å². The van der Waals surface area contributed by atoms with Crippen molar-refractivity contribution in [1.29, 1.82) is 0 Å². The summed E-state index contributed by atoms with van der Waals surface area (Å²) in [5, 5.41) is 9.61. The predicted molar refractivity (Wildman–Crippen MR) is 67.4 cm³/mol. The van der Waals surface area contributed by atoms with Crippen molar-refractivity contribution in [2.75, 3.05) is 0 Å². The molecule has 1 N–H and O–H groups in total. The summed E-state index contributed by atoms with van der Waals surface area (Å²) in [6.45, 7) is 6.70. The van der Waals surface area contributed by atoms with E-state index in [4.69, 9.17) is 0 Å². The van der Waals surface area contributed by atoms with Gasteiger partial charge in [-0.15, -0.1) is 0 Å². The summed E-state index contributed by atoms with van der Waals surface area (Å²) in [5.74, 6) is 0.890. The minimum Gasteiger partial charge on any atom is -0.393 e. The van der Waals surface area contributed by atoms with Crippen LogP contribution < -0.4 is 0 Å². The van der Waals surface area contributed by atoms with E-state index < -0.39 is 0 Å². The lowest BCUT2D eigenvalue weighted by Gasteiger charge is -2.51. The number of hydrogen-bond donors (Lipinski definition) is 1. The molecule has 2 heteroatoms. The molecule has 2 saturated heterocycles. The molecule has 0 aromatic carbocycles. The van der Waals surface area contributed by atoms with Crippen LogP contribution in [0.3, 0.4) is 0 Å². The van der Waals surface area contributed by atoms with Crippen LogP contribution in [-0.4, -0.2) is 34.2 Å². The van der Waals surface area contributed by atoms with Crippen LogP contribution in [0.15, 0.2) is 0 Å². The molecule has 2 aliphatic rings. The first kappa shape index (κ1) is 12.4. The third kappa shape index (κ3) is 2.60. The van der Waals surface area contributed by atoms with Crippen LogP contribution in [0, 0.1) is 5.92 Å². The first-order chi connectivity index (χ1) is 7.58. The van der Waals surface area contributed by atoms with E-state index in [1.807, 2.05) is 6.92 Å². The fourth-order valence-electron chi connectivity index (χ4n) is 4.04. The van der Waals surface area contributed by atoms with Crippen molar-refractivity contribution in [2.45, 2.75) is 83.5 Å². The van der Waals surface area contributed by atoms with Crippen molar-refractivity contribution in [1.82, 2.24) is 4.90 Å². The monoisotopic (exact) mass is 225 g/mol. The normalized spacial score (nSPS) is 42.8. The SMILES string of the molecule is CC(O)CC1CCCC2CC(C)CC(C)N12. The third-order valence-electron chi connectivity index (χ3n) is 4.46. The highest BCUT2D eigenvalue weighted by Gasteiger charge is 2.38. The molecule has 2 rings (SSSR count). The van der Waals surface area contributed by atoms with Gasteiger partial charge in [0.15, 0.2) is 0 Å². The van der Waals surface area contributed by atoms with E-state index in [1.54, 1.807) is 0 Å². The van der Waals surface area contributed by atoms with Gasteiger partial charge in [0.05, 0.1) is 6.10 Å². The summed E-state index contributed by atoms with van der Waals surface area (Å²) in [6, 6.07) is 2.16. The Morgan fingerprint density at radius 3 is 2.69 bits per heavy atom. The lowest BCUT2D eigenvalue weighted by molar-refractivity contribution is -0.0228. The van der Waals surface area contributed by atoms with Gasteiger partial charge in [-0.05, 0) is 51.9 Å². The maximum Gasteiger partial charge on any atom is 0.0527 e. The number of nitrogens with zero attached hydrogens (tertiary/aromatic N) is 1. The average Bonchev–Trinajstić information content (AvgIpc) is 2.15. The first-order valence-corrected chi connectivity index (χ1v) is 7.03. The Morgan fingerprint density at radius 2 is 2.00 bits per heavy atom. The van der Waals surface area contributed by atoms with Crippen molar-refractivity contribution in [3.8, 4) is 0 Å². The zero-order valence-electron chi connectivity index (χ0n) is 11.0. The van der Waals surface area contributed by atoms with Gasteiger partial charge >= 0.3 is 0 Å². The predicted octanol–water partition coefficient (Wildman–Crippen LogP) is 2.80. The van der Waals surface area contributed by atoms with Gasteiger partial charge in [-0.3, -0.25) is 4.90 Å². The fourth-order valence-corrected chi connectivity index (χ4v) is 4.04. The maximum absolute atomic E-state index is 9.61. The minimum atomic E-state index is -0.143. The summed E-state index contributed by atoms with van der Waals surface area (Å²) in [5.41, 5.74) is 0. The number of rotatable bonds is 2. The molecule has 0 aliphatic carbocycles. The first-order valence-electron chi connectivity index (χ1n) is 7.03. The Labute approximate surface area is 100 Å². The van der Waals surface area contributed by atoms with Crippen LogP contribution in [-0.2, 0) is 0 Å². The third-order valence-corrected chi connectivity index (χ3v) is 4.46. The highest BCUT2D eigenvalue weighted by Crippen LogP contribution is 2.37. The van der Waals surface area contributed by atoms with Crippen LogP contribution in [0.5, 0.6) is 0 Å². The van der Waals surface area contributed by atoms with E-state index in [2.05, 4.69) is 18.7 Å². The van der Waals surface area contributed by atoms with Crippen molar-refractivity contribution >= 4 is 0 Å². The van der Waals surface area contributed by atoms with Gasteiger partial charge < -0.3 is 5.11 Å². The van der Waals surface area contributed by atoms with Crippen LogP contribution in [0.25, 0.3) is 0 Å². The quantitative estimate of drug-likeness (QED) is 0.781. The molecule has 2 fully saturated rings. The van der Waals surface area contributed by atoms with E-state index in [9.17, 15) is 5.11 Å². The molecule has 2 nitrogen and oxygen atoms in total. The largest absolute Gasteiger partial charge is 0.393 e. The smallest absolute Gasteiger partial charge is 0.0527 e. The van der Waals surface area contributed by atoms with Gasteiger partial charge in [-0.25, -0.2) is 0 Å². The van der Waals surface area contributed by atoms with E-state index in [-0.39, 0.29) is 6.10 Å². The van der Waals surface area contributed by atoms with E-state index in [0.29, 0.717) is 6.04 Å². The Hall–Kier alpha value is -0.0800. The van der Waals surface area contributed by atoms with E-state index in [0.717, 1.165) is 24.4 Å². The molecule has 0 aromatic heterocycles. The molecule has 94 valence electrons. The topological polar surface area (TPSA) is 23.5 Å². The van der Waals surface area contributed by atoms with Crippen molar-refractivity contribution in [3.05, 3.63) is 0 Å².